The van der Waals surface area contributed by atoms with Crippen molar-refractivity contribution in [1.29, 1.82) is 0 Å². The first-order valence-corrected chi connectivity index (χ1v) is 9.06. The topological polar surface area (TPSA) is 76.5 Å². The molecule has 1 saturated heterocycles. The van der Waals surface area contributed by atoms with Gasteiger partial charge in [-0.25, -0.2) is 0 Å². The Hall–Kier alpha value is -1.95. The number of pyridine rings is 1. The van der Waals surface area contributed by atoms with Gasteiger partial charge in [0.25, 0.3) is 0 Å². The Morgan fingerprint density at radius 3 is 2.96 bits per heavy atom. The van der Waals surface area contributed by atoms with E-state index in [0.29, 0.717) is 5.91 Å². The van der Waals surface area contributed by atoms with Crippen LogP contribution >= 0.6 is 0 Å². The molecule has 2 fully saturated rings. The van der Waals surface area contributed by atoms with Crippen LogP contribution in [0.5, 0.6) is 0 Å². The van der Waals surface area contributed by atoms with Crippen LogP contribution < -0.4 is 5.73 Å². The van der Waals surface area contributed by atoms with Crippen molar-refractivity contribution in [2.24, 2.45) is 11.7 Å². The molecule has 3 atom stereocenters. The van der Waals surface area contributed by atoms with E-state index in [4.69, 9.17) is 5.73 Å². The maximum Gasteiger partial charge on any atom is 0.225 e. The molecule has 4 rings (SSSR count). The first-order valence-electron chi connectivity index (χ1n) is 9.06. The summed E-state index contributed by atoms with van der Waals surface area (Å²) in [6.07, 6.45) is 8.05. The molecule has 6 heteroatoms. The fourth-order valence-electron chi connectivity index (χ4n) is 4.24. The van der Waals surface area contributed by atoms with Crippen molar-refractivity contribution < 1.29 is 4.79 Å². The Balaban J connectivity index is 1.50. The molecule has 0 radical (unpaired) electrons. The van der Waals surface area contributed by atoms with Gasteiger partial charge in [0, 0.05) is 37.2 Å². The first-order chi connectivity index (χ1) is 11.7. The average molecular weight is 327 g/mol. The molecule has 2 aromatic rings. The molecule has 2 aromatic heterocycles. The van der Waals surface area contributed by atoms with Crippen molar-refractivity contribution in [3.8, 4) is 0 Å². The van der Waals surface area contributed by atoms with Gasteiger partial charge in [-0.1, -0.05) is 12.5 Å². The Morgan fingerprint density at radius 1 is 1.17 bits per heavy atom. The van der Waals surface area contributed by atoms with Crippen molar-refractivity contribution in [2.45, 2.75) is 50.5 Å². The number of carbonyl (C=O) groups is 1. The summed E-state index contributed by atoms with van der Waals surface area (Å²) >= 11 is 0. The van der Waals surface area contributed by atoms with Gasteiger partial charge >= 0.3 is 0 Å². The van der Waals surface area contributed by atoms with Gasteiger partial charge in [-0.2, -0.15) is 0 Å². The van der Waals surface area contributed by atoms with E-state index in [-0.39, 0.29) is 17.9 Å². The molecule has 0 spiro atoms. The van der Waals surface area contributed by atoms with Gasteiger partial charge in [-0.15, -0.1) is 10.2 Å². The molecule has 1 aliphatic carbocycles. The van der Waals surface area contributed by atoms with Crippen molar-refractivity contribution in [1.82, 2.24) is 19.5 Å². The van der Waals surface area contributed by atoms with Gasteiger partial charge < -0.3 is 10.6 Å². The van der Waals surface area contributed by atoms with Crippen LogP contribution in [-0.4, -0.2) is 44.5 Å². The lowest BCUT2D eigenvalue weighted by Crippen LogP contribution is -2.45. The highest BCUT2D eigenvalue weighted by atomic mass is 16.2. The van der Waals surface area contributed by atoms with Gasteiger partial charge in [0.05, 0.1) is 0 Å². The number of hydrogen-bond acceptors (Lipinski definition) is 4. The minimum absolute atomic E-state index is 0.114. The molecule has 1 amide bonds. The summed E-state index contributed by atoms with van der Waals surface area (Å²) in [6.45, 7) is 1.61. The zero-order valence-electron chi connectivity index (χ0n) is 14.0. The van der Waals surface area contributed by atoms with E-state index in [1.54, 1.807) is 0 Å². The number of carbonyl (C=O) groups excluding carboxylic acids is 1. The van der Waals surface area contributed by atoms with E-state index in [1.807, 2.05) is 29.3 Å². The lowest BCUT2D eigenvalue weighted by atomic mass is 9.84. The number of rotatable bonds is 2. The molecule has 0 aromatic carbocycles. The lowest BCUT2D eigenvalue weighted by Gasteiger charge is -2.36. The van der Waals surface area contributed by atoms with Gasteiger partial charge in [-0.3, -0.25) is 9.20 Å². The van der Waals surface area contributed by atoms with Gasteiger partial charge in [0.15, 0.2) is 5.65 Å². The van der Waals surface area contributed by atoms with Crippen LogP contribution in [0, 0.1) is 5.92 Å². The predicted molar refractivity (Wildman–Crippen MR) is 91.5 cm³/mol. The van der Waals surface area contributed by atoms with Crippen LogP contribution in [0.2, 0.25) is 0 Å². The van der Waals surface area contributed by atoms with Gasteiger partial charge in [-0.05, 0) is 44.2 Å². The number of aromatic nitrogens is 3. The Morgan fingerprint density at radius 2 is 2.08 bits per heavy atom. The van der Waals surface area contributed by atoms with Crippen LogP contribution in [0.3, 0.4) is 0 Å². The van der Waals surface area contributed by atoms with Crippen LogP contribution in [-0.2, 0) is 4.79 Å². The number of piperidine rings is 1. The zero-order chi connectivity index (χ0) is 16.5. The van der Waals surface area contributed by atoms with Gasteiger partial charge in [0.2, 0.25) is 5.91 Å². The van der Waals surface area contributed by atoms with E-state index in [2.05, 4.69) is 14.6 Å². The summed E-state index contributed by atoms with van der Waals surface area (Å²) in [7, 11) is 0. The number of hydrogen-bond donors (Lipinski definition) is 1. The molecule has 3 unspecified atom stereocenters. The smallest absolute Gasteiger partial charge is 0.225 e. The highest BCUT2D eigenvalue weighted by Crippen LogP contribution is 2.30. The number of likely N-dealkylation sites (tertiary alicyclic amines) is 1. The van der Waals surface area contributed by atoms with Crippen molar-refractivity contribution in [2.75, 3.05) is 13.1 Å². The van der Waals surface area contributed by atoms with E-state index in [0.717, 1.165) is 63.1 Å². The summed E-state index contributed by atoms with van der Waals surface area (Å²) < 4.78 is 2.05. The minimum atomic E-state index is 0.114. The molecule has 1 aliphatic heterocycles. The van der Waals surface area contributed by atoms with E-state index >= 15 is 0 Å². The molecule has 24 heavy (non-hydrogen) atoms. The molecule has 1 saturated carbocycles. The molecule has 2 aliphatic rings. The third-order valence-electron chi connectivity index (χ3n) is 5.50. The molecule has 2 N–H and O–H groups in total. The number of amides is 1. The summed E-state index contributed by atoms with van der Waals surface area (Å²) in [4.78, 5) is 14.9. The van der Waals surface area contributed by atoms with Crippen molar-refractivity contribution in [3.63, 3.8) is 0 Å². The zero-order valence-corrected chi connectivity index (χ0v) is 14.0. The lowest BCUT2D eigenvalue weighted by molar-refractivity contribution is -0.138. The van der Waals surface area contributed by atoms with Crippen molar-refractivity contribution in [3.05, 3.63) is 30.2 Å². The Kier molecular flexibility index (Phi) is 4.22. The Bertz CT molecular complexity index is 727. The second kappa shape index (κ2) is 6.51. The second-order valence-corrected chi connectivity index (χ2v) is 7.23. The standard InChI is InChI=1S/C18H25N5O/c19-15-7-3-5-13(11-15)18(24)22-9-4-6-14(12-22)17-21-20-16-8-1-2-10-23(16)17/h1-2,8,10,13-15H,3-7,9,11-12,19H2. The molecule has 6 nitrogen and oxygen atoms in total. The summed E-state index contributed by atoms with van der Waals surface area (Å²) in [5.74, 6) is 1.65. The van der Waals surface area contributed by atoms with Crippen LogP contribution in [0.15, 0.2) is 24.4 Å². The largest absolute Gasteiger partial charge is 0.342 e. The minimum Gasteiger partial charge on any atom is -0.342 e. The van der Waals surface area contributed by atoms with Crippen LogP contribution in [0.4, 0.5) is 0 Å². The monoisotopic (exact) mass is 327 g/mol. The molecule has 0 bridgehead atoms. The van der Waals surface area contributed by atoms with Crippen LogP contribution in [0.1, 0.15) is 50.3 Å². The SMILES string of the molecule is NC1CCCC(C(=O)N2CCCC(c3nnc4ccccn34)C2)C1. The number of nitrogens with zero attached hydrogens (tertiary/aromatic N) is 4. The average Bonchev–Trinajstić information content (AvgIpc) is 3.05. The molecular weight excluding hydrogens is 302 g/mol. The normalized spacial score (nSPS) is 28.2. The van der Waals surface area contributed by atoms with E-state index in [1.165, 1.54) is 0 Å². The number of fused-ring (bicyclic) bond motifs is 1. The highest BCUT2D eigenvalue weighted by Gasteiger charge is 2.33. The Labute approximate surface area is 142 Å². The fourth-order valence-corrected chi connectivity index (χ4v) is 4.24. The van der Waals surface area contributed by atoms with Gasteiger partial charge in [0.1, 0.15) is 5.82 Å². The third-order valence-corrected chi connectivity index (χ3v) is 5.50. The quantitative estimate of drug-likeness (QED) is 0.915. The molecule has 128 valence electrons. The fraction of sp³-hybridized carbons (Fsp3) is 0.611. The van der Waals surface area contributed by atoms with Crippen LogP contribution in [0.25, 0.3) is 5.65 Å². The maximum atomic E-state index is 12.9. The van der Waals surface area contributed by atoms with E-state index in [9.17, 15) is 4.79 Å². The number of nitrogens with two attached hydrogens (primary N) is 1. The maximum absolute atomic E-state index is 12.9. The first kappa shape index (κ1) is 15.6. The summed E-state index contributed by atoms with van der Waals surface area (Å²) in [5.41, 5.74) is 6.94. The highest BCUT2D eigenvalue weighted by molar-refractivity contribution is 5.79. The molecule has 3 heterocycles. The summed E-state index contributed by atoms with van der Waals surface area (Å²) in [5, 5.41) is 8.65. The second-order valence-electron chi connectivity index (χ2n) is 7.23. The summed E-state index contributed by atoms with van der Waals surface area (Å²) in [6, 6.07) is 6.12. The van der Waals surface area contributed by atoms with E-state index < -0.39 is 0 Å². The predicted octanol–water partition coefficient (Wildman–Crippen LogP) is 1.95. The third kappa shape index (κ3) is 2.90. The molecular formula is C18H25N5O. The van der Waals surface area contributed by atoms with Crippen molar-refractivity contribution >= 4 is 11.6 Å².